The number of amides is 2. The molecule has 1 N–H and O–H groups in total. The van der Waals surface area contributed by atoms with Crippen molar-refractivity contribution in [2.24, 2.45) is 0 Å². The van der Waals surface area contributed by atoms with Crippen molar-refractivity contribution in [2.45, 2.75) is 31.8 Å². The Labute approximate surface area is 129 Å². The minimum atomic E-state index is -0.366. The third-order valence-electron chi connectivity index (χ3n) is 4.32. The van der Waals surface area contributed by atoms with Crippen LogP contribution in [0.2, 0.25) is 0 Å². The molecule has 3 rings (SSSR count). The van der Waals surface area contributed by atoms with Gasteiger partial charge >= 0.3 is 0 Å². The molecular formula is C16H20N2O4. The lowest BCUT2D eigenvalue weighted by Crippen LogP contribution is -2.46. The highest BCUT2D eigenvalue weighted by Gasteiger charge is 2.32. The van der Waals surface area contributed by atoms with Gasteiger partial charge in [0.1, 0.15) is 6.04 Å². The van der Waals surface area contributed by atoms with Crippen molar-refractivity contribution in [1.29, 1.82) is 0 Å². The zero-order chi connectivity index (χ0) is 15.7. The molecule has 1 aromatic carbocycles. The van der Waals surface area contributed by atoms with Gasteiger partial charge in [-0.2, -0.15) is 0 Å². The zero-order valence-electron chi connectivity index (χ0n) is 12.8. The SMILES string of the molecule is COc1cc2c(cc1OC)CN(C(=O)C1CCC(=O)N1)CC2. The van der Waals surface area contributed by atoms with Crippen molar-refractivity contribution in [3.05, 3.63) is 23.3 Å². The number of rotatable bonds is 3. The summed E-state index contributed by atoms with van der Waals surface area (Å²) in [5.41, 5.74) is 2.25. The number of carbonyl (C=O) groups excluding carboxylic acids is 2. The molecule has 0 spiro atoms. The van der Waals surface area contributed by atoms with Crippen molar-refractivity contribution in [2.75, 3.05) is 20.8 Å². The Kier molecular flexibility index (Phi) is 3.92. The molecule has 1 saturated heterocycles. The molecule has 0 saturated carbocycles. The minimum absolute atomic E-state index is 0.00582. The van der Waals surface area contributed by atoms with Crippen molar-refractivity contribution >= 4 is 11.8 Å². The summed E-state index contributed by atoms with van der Waals surface area (Å²) >= 11 is 0. The summed E-state index contributed by atoms with van der Waals surface area (Å²) in [6.07, 6.45) is 1.81. The predicted molar refractivity (Wildman–Crippen MR) is 79.8 cm³/mol. The smallest absolute Gasteiger partial charge is 0.245 e. The van der Waals surface area contributed by atoms with Crippen LogP contribution < -0.4 is 14.8 Å². The molecule has 0 bridgehead atoms. The predicted octanol–water partition coefficient (Wildman–Crippen LogP) is 0.867. The van der Waals surface area contributed by atoms with Crippen LogP contribution >= 0.6 is 0 Å². The Bertz CT molecular complexity index is 614. The minimum Gasteiger partial charge on any atom is -0.493 e. The van der Waals surface area contributed by atoms with Crippen LogP contribution in [0.1, 0.15) is 24.0 Å². The quantitative estimate of drug-likeness (QED) is 0.899. The number of hydrogen-bond donors (Lipinski definition) is 1. The molecule has 2 aliphatic rings. The normalized spacial score (nSPS) is 20.4. The largest absolute Gasteiger partial charge is 0.493 e. The Hall–Kier alpha value is -2.24. The van der Waals surface area contributed by atoms with E-state index in [0.717, 1.165) is 12.0 Å². The van der Waals surface area contributed by atoms with Crippen LogP contribution in [0, 0.1) is 0 Å². The number of methoxy groups -OCH3 is 2. The van der Waals surface area contributed by atoms with Gasteiger partial charge in [0.05, 0.1) is 14.2 Å². The summed E-state index contributed by atoms with van der Waals surface area (Å²) in [7, 11) is 3.22. The number of fused-ring (bicyclic) bond motifs is 1. The van der Waals surface area contributed by atoms with Gasteiger partial charge in [0.2, 0.25) is 11.8 Å². The van der Waals surface area contributed by atoms with E-state index in [1.807, 2.05) is 17.0 Å². The fraction of sp³-hybridized carbons (Fsp3) is 0.500. The topological polar surface area (TPSA) is 67.9 Å². The number of hydrogen-bond acceptors (Lipinski definition) is 4. The Morgan fingerprint density at radius 2 is 1.86 bits per heavy atom. The number of ether oxygens (including phenoxy) is 2. The monoisotopic (exact) mass is 304 g/mol. The van der Waals surface area contributed by atoms with Crippen LogP contribution in [0.25, 0.3) is 0 Å². The standard InChI is InChI=1S/C16H20N2O4/c1-21-13-7-10-5-6-18(9-11(10)8-14(13)22-2)16(20)12-3-4-15(19)17-12/h7-8,12H,3-6,9H2,1-2H3,(H,17,19). The average Bonchev–Trinajstić information content (AvgIpc) is 2.98. The molecule has 1 aromatic rings. The van der Waals surface area contributed by atoms with E-state index >= 15 is 0 Å². The first-order valence-electron chi connectivity index (χ1n) is 7.44. The summed E-state index contributed by atoms with van der Waals surface area (Å²) in [5, 5.41) is 2.74. The first kappa shape index (κ1) is 14.7. The third-order valence-corrected chi connectivity index (χ3v) is 4.32. The van der Waals surface area contributed by atoms with Crippen LogP contribution in [0.5, 0.6) is 11.5 Å². The highest BCUT2D eigenvalue weighted by Crippen LogP contribution is 2.33. The lowest BCUT2D eigenvalue weighted by molar-refractivity contribution is -0.135. The number of nitrogens with one attached hydrogen (secondary N) is 1. The van der Waals surface area contributed by atoms with Gasteiger partial charge in [-0.25, -0.2) is 0 Å². The van der Waals surface area contributed by atoms with E-state index in [4.69, 9.17) is 9.47 Å². The van der Waals surface area contributed by atoms with E-state index in [-0.39, 0.29) is 17.9 Å². The lowest BCUT2D eigenvalue weighted by Gasteiger charge is -2.31. The number of carbonyl (C=O) groups is 2. The number of nitrogens with zero attached hydrogens (tertiary/aromatic N) is 1. The van der Waals surface area contributed by atoms with Crippen molar-refractivity contribution < 1.29 is 19.1 Å². The molecule has 22 heavy (non-hydrogen) atoms. The van der Waals surface area contributed by atoms with E-state index in [9.17, 15) is 9.59 Å². The molecule has 118 valence electrons. The molecule has 1 atom stereocenters. The second-order valence-electron chi connectivity index (χ2n) is 5.64. The van der Waals surface area contributed by atoms with Crippen LogP contribution in [0.4, 0.5) is 0 Å². The van der Waals surface area contributed by atoms with Crippen molar-refractivity contribution in [3.8, 4) is 11.5 Å². The van der Waals surface area contributed by atoms with E-state index in [1.165, 1.54) is 5.56 Å². The van der Waals surface area contributed by atoms with Gasteiger partial charge in [-0.1, -0.05) is 0 Å². The fourth-order valence-corrected chi connectivity index (χ4v) is 3.09. The Balaban J connectivity index is 1.78. The van der Waals surface area contributed by atoms with Crippen LogP contribution in [0.3, 0.4) is 0 Å². The molecule has 0 aliphatic carbocycles. The fourth-order valence-electron chi connectivity index (χ4n) is 3.09. The molecule has 6 nitrogen and oxygen atoms in total. The summed E-state index contributed by atoms with van der Waals surface area (Å²) in [5.74, 6) is 1.35. The highest BCUT2D eigenvalue weighted by atomic mass is 16.5. The second-order valence-corrected chi connectivity index (χ2v) is 5.64. The van der Waals surface area contributed by atoms with E-state index in [0.29, 0.717) is 37.4 Å². The van der Waals surface area contributed by atoms with Gasteiger partial charge in [-0.15, -0.1) is 0 Å². The maximum Gasteiger partial charge on any atom is 0.245 e. The Morgan fingerprint density at radius 1 is 1.18 bits per heavy atom. The molecule has 1 unspecified atom stereocenters. The maximum atomic E-state index is 12.5. The third kappa shape index (κ3) is 2.61. The van der Waals surface area contributed by atoms with Gasteiger partial charge in [0.25, 0.3) is 0 Å². The maximum absolute atomic E-state index is 12.5. The van der Waals surface area contributed by atoms with Crippen LogP contribution in [0.15, 0.2) is 12.1 Å². The molecule has 0 aromatic heterocycles. The molecule has 6 heteroatoms. The van der Waals surface area contributed by atoms with Crippen LogP contribution in [-0.4, -0.2) is 43.5 Å². The first-order valence-corrected chi connectivity index (χ1v) is 7.44. The summed E-state index contributed by atoms with van der Waals surface area (Å²) in [6, 6.07) is 3.54. The van der Waals surface area contributed by atoms with E-state index in [2.05, 4.69) is 5.32 Å². The molecule has 0 radical (unpaired) electrons. The molecule has 2 aliphatic heterocycles. The molecule has 2 heterocycles. The zero-order valence-corrected chi connectivity index (χ0v) is 12.8. The Morgan fingerprint density at radius 3 is 2.45 bits per heavy atom. The highest BCUT2D eigenvalue weighted by molar-refractivity contribution is 5.90. The van der Waals surface area contributed by atoms with Gasteiger partial charge in [0, 0.05) is 19.5 Å². The molecular weight excluding hydrogens is 284 g/mol. The lowest BCUT2D eigenvalue weighted by atomic mass is 9.98. The summed E-state index contributed by atoms with van der Waals surface area (Å²) in [6.45, 7) is 1.20. The summed E-state index contributed by atoms with van der Waals surface area (Å²) < 4.78 is 10.6. The van der Waals surface area contributed by atoms with Gasteiger partial charge in [-0.3, -0.25) is 9.59 Å². The average molecular weight is 304 g/mol. The molecule has 2 amide bonds. The van der Waals surface area contributed by atoms with Crippen LogP contribution in [-0.2, 0) is 22.6 Å². The van der Waals surface area contributed by atoms with Gasteiger partial charge in [0.15, 0.2) is 11.5 Å². The molecule has 1 fully saturated rings. The van der Waals surface area contributed by atoms with Gasteiger partial charge < -0.3 is 19.7 Å². The van der Waals surface area contributed by atoms with Crippen molar-refractivity contribution in [3.63, 3.8) is 0 Å². The first-order chi connectivity index (χ1) is 10.6. The summed E-state index contributed by atoms with van der Waals surface area (Å²) in [4.78, 5) is 25.6. The number of benzene rings is 1. The van der Waals surface area contributed by atoms with E-state index in [1.54, 1.807) is 14.2 Å². The van der Waals surface area contributed by atoms with Gasteiger partial charge in [-0.05, 0) is 36.1 Å². The van der Waals surface area contributed by atoms with Crippen molar-refractivity contribution in [1.82, 2.24) is 10.2 Å². The second kappa shape index (κ2) is 5.87. The van der Waals surface area contributed by atoms with E-state index < -0.39 is 0 Å².